The zero-order valence-corrected chi connectivity index (χ0v) is 45.9. The number of carbonyl (C=O) groups excluding carboxylic acids is 3. The Morgan fingerprint density at radius 1 is 0.294 bits per heavy atom. The van der Waals surface area contributed by atoms with Crippen molar-refractivity contribution in [3.05, 3.63) is 24.3 Å². The summed E-state index contributed by atoms with van der Waals surface area (Å²) in [5, 5.41) is 0. The van der Waals surface area contributed by atoms with Crippen LogP contribution in [-0.2, 0) is 28.6 Å². The van der Waals surface area contributed by atoms with Crippen LogP contribution in [0.25, 0.3) is 0 Å². The lowest BCUT2D eigenvalue weighted by Gasteiger charge is -2.18. The highest BCUT2D eigenvalue weighted by molar-refractivity contribution is 5.71. The first kappa shape index (κ1) is 65.9. The van der Waals surface area contributed by atoms with E-state index in [4.69, 9.17) is 14.2 Å². The number of rotatable bonds is 56. The highest BCUT2D eigenvalue weighted by atomic mass is 16.6. The molecule has 0 heterocycles. The molecule has 400 valence electrons. The Bertz CT molecular complexity index is 1100. The van der Waals surface area contributed by atoms with Gasteiger partial charge in [-0.25, -0.2) is 0 Å². The van der Waals surface area contributed by atoms with E-state index in [-0.39, 0.29) is 31.1 Å². The van der Waals surface area contributed by atoms with Crippen LogP contribution >= 0.6 is 0 Å². The van der Waals surface area contributed by atoms with Crippen molar-refractivity contribution in [1.82, 2.24) is 0 Å². The molecule has 0 unspecified atom stereocenters. The molecular formula is C62H116O6. The Kier molecular flexibility index (Phi) is 55.7. The summed E-state index contributed by atoms with van der Waals surface area (Å²) in [6, 6.07) is 0. The van der Waals surface area contributed by atoms with Crippen LogP contribution in [0, 0.1) is 0 Å². The largest absolute Gasteiger partial charge is 0.462 e. The zero-order valence-electron chi connectivity index (χ0n) is 45.9. The molecule has 1 atom stereocenters. The Hall–Kier alpha value is -2.11. The van der Waals surface area contributed by atoms with Gasteiger partial charge in [0.1, 0.15) is 13.2 Å². The van der Waals surface area contributed by atoms with Gasteiger partial charge >= 0.3 is 17.9 Å². The number of hydrogen-bond acceptors (Lipinski definition) is 6. The summed E-state index contributed by atoms with van der Waals surface area (Å²) in [5.41, 5.74) is 0. The van der Waals surface area contributed by atoms with Gasteiger partial charge in [0.25, 0.3) is 0 Å². The number of ether oxygens (including phenoxy) is 3. The molecule has 6 nitrogen and oxygen atoms in total. The minimum Gasteiger partial charge on any atom is -0.462 e. The predicted octanol–water partition coefficient (Wildman–Crippen LogP) is 20.3. The minimum absolute atomic E-state index is 0.0665. The number of esters is 3. The second kappa shape index (κ2) is 57.5. The minimum atomic E-state index is -0.767. The Morgan fingerprint density at radius 3 is 0.838 bits per heavy atom. The highest BCUT2D eigenvalue weighted by Gasteiger charge is 2.19. The molecule has 0 aliphatic rings. The van der Waals surface area contributed by atoms with E-state index in [1.165, 1.54) is 231 Å². The van der Waals surface area contributed by atoms with Crippen LogP contribution in [0.3, 0.4) is 0 Å². The lowest BCUT2D eigenvalue weighted by Crippen LogP contribution is -2.30. The summed E-state index contributed by atoms with van der Waals surface area (Å²) in [4.78, 5) is 38.2. The molecule has 0 aromatic rings. The van der Waals surface area contributed by atoms with Gasteiger partial charge in [-0.05, 0) is 51.4 Å². The lowest BCUT2D eigenvalue weighted by atomic mass is 10.0. The molecule has 6 heteroatoms. The molecule has 0 aliphatic heterocycles. The third kappa shape index (κ3) is 54.8. The van der Waals surface area contributed by atoms with E-state index in [2.05, 4.69) is 45.1 Å². The first-order chi connectivity index (χ1) is 33.5. The molecule has 0 aromatic heterocycles. The Morgan fingerprint density at radius 2 is 0.529 bits per heavy atom. The molecule has 0 N–H and O–H groups in total. The van der Waals surface area contributed by atoms with Crippen molar-refractivity contribution < 1.29 is 28.6 Å². The smallest absolute Gasteiger partial charge is 0.306 e. The van der Waals surface area contributed by atoms with Crippen molar-refractivity contribution in [2.75, 3.05) is 13.2 Å². The van der Waals surface area contributed by atoms with Crippen molar-refractivity contribution >= 4 is 17.9 Å². The number of unbranched alkanes of at least 4 members (excludes halogenated alkanes) is 41. The number of allylic oxidation sites excluding steroid dienone is 4. The third-order valence-electron chi connectivity index (χ3n) is 13.7. The first-order valence-corrected chi connectivity index (χ1v) is 30.3. The first-order valence-electron chi connectivity index (χ1n) is 30.3. The van der Waals surface area contributed by atoms with Gasteiger partial charge in [-0.15, -0.1) is 0 Å². The lowest BCUT2D eigenvalue weighted by molar-refractivity contribution is -0.167. The van der Waals surface area contributed by atoms with E-state index in [1.807, 2.05) is 0 Å². The van der Waals surface area contributed by atoms with Gasteiger partial charge in [0.2, 0.25) is 0 Å². The standard InChI is InChI=1S/C62H116O6/c1-4-7-10-13-16-19-22-25-27-29-31-33-35-37-40-42-45-48-51-54-60(63)66-57-59(68-62(65)56-53-50-47-44-39-24-21-18-15-12-9-6-3)58-67-61(64)55-52-49-46-43-41-38-36-34-32-30-28-26-23-20-17-14-11-8-5-2/h16,19,25,27,59H,4-15,17-18,20-24,26,28-58H2,1-3H3/b19-16-,27-25-/t59-/m1/s1. The molecule has 0 amide bonds. The molecule has 0 aromatic carbocycles. The molecular weight excluding hydrogens is 841 g/mol. The topological polar surface area (TPSA) is 78.9 Å². The molecule has 0 bridgehead atoms. The predicted molar refractivity (Wildman–Crippen MR) is 293 cm³/mol. The van der Waals surface area contributed by atoms with Gasteiger partial charge in [-0.1, -0.05) is 289 Å². The van der Waals surface area contributed by atoms with E-state index >= 15 is 0 Å². The van der Waals surface area contributed by atoms with Crippen LogP contribution in [0.1, 0.15) is 335 Å². The molecule has 0 fully saturated rings. The average Bonchev–Trinajstić information content (AvgIpc) is 3.34. The summed E-state index contributed by atoms with van der Waals surface area (Å²) in [6.07, 6.45) is 67.4. The molecule has 0 radical (unpaired) electrons. The summed E-state index contributed by atoms with van der Waals surface area (Å²) in [7, 11) is 0. The van der Waals surface area contributed by atoms with Gasteiger partial charge in [0.15, 0.2) is 6.10 Å². The maximum absolute atomic E-state index is 12.8. The quantitative estimate of drug-likeness (QED) is 0.0262. The van der Waals surface area contributed by atoms with Crippen LogP contribution in [0.5, 0.6) is 0 Å². The molecule has 0 aliphatic carbocycles. The SMILES string of the molecule is CCCCC/C=C\C/C=C\CCCCCCCCCCCC(=O)OC[C@H](COC(=O)CCCCCCCCCCCCCCCCCCCCC)OC(=O)CCCCCCCCCCCCCC. The van der Waals surface area contributed by atoms with Crippen LogP contribution in [-0.4, -0.2) is 37.2 Å². The third-order valence-corrected chi connectivity index (χ3v) is 13.7. The molecule has 0 rings (SSSR count). The van der Waals surface area contributed by atoms with Crippen LogP contribution in [0.2, 0.25) is 0 Å². The fourth-order valence-electron chi connectivity index (χ4n) is 9.12. The molecule has 0 spiro atoms. The van der Waals surface area contributed by atoms with Crippen molar-refractivity contribution in [3.63, 3.8) is 0 Å². The second-order valence-electron chi connectivity index (χ2n) is 20.6. The summed E-state index contributed by atoms with van der Waals surface area (Å²) < 4.78 is 16.9. The van der Waals surface area contributed by atoms with Crippen LogP contribution < -0.4 is 0 Å². The second-order valence-corrected chi connectivity index (χ2v) is 20.6. The molecule has 0 saturated heterocycles. The van der Waals surface area contributed by atoms with E-state index in [0.29, 0.717) is 19.3 Å². The Labute approximate surface area is 423 Å². The highest BCUT2D eigenvalue weighted by Crippen LogP contribution is 2.17. The summed E-state index contributed by atoms with van der Waals surface area (Å²) in [6.45, 7) is 6.67. The van der Waals surface area contributed by atoms with Gasteiger partial charge in [0.05, 0.1) is 0 Å². The van der Waals surface area contributed by atoms with Crippen molar-refractivity contribution in [1.29, 1.82) is 0 Å². The average molecular weight is 958 g/mol. The monoisotopic (exact) mass is 957 g/mol. The van der Waals surface area contributed by atoms with Crippen molar-refractivity contribution in [2.45, 2.75) is 341 Å². The molecule has 68 heavy (non-hydrogen) atoms. The van der Waals surface area contributed by atoms with E-state index < -0.39 is 6.10 Å². The normalized spacial score (nSPS) is 12.1. The van der Waals surface area contributed by atoms with Gasteiger partial charge in [-0.3, -0.25) is 14.4 Å². The van der Waals surface area contributed by atoms with Crippen LogP contribution in [0.4, 0.5) is 0 Å². The van der Waals surface area contributed by atoms with Gasteiger partial charge in [0, 0.05) is 19.3 Å². The van der Waals surface area contributed by atoms with Gasteiger partial charge in [-0.2, -0.15) is 0 Å². The maximum atomic E-state index is 12.8. The van der Waals surface area contributed by atoms with E-state index in [9.17, 15) is 14.4 Å². The van der Waals surface area contributed by atoms with Crippen molar-refractivity contribution in [2.24, 2.45) is 0 Å². The van der Waals surface area contributed by atoms with E-state index in [1.54, 1.807) is 0 Å². The fourth-order valence-corrected chi connectivity index (χ4v) is 9.12. The maximum Gasteiger partial charge on any atom is 0.306 e. The fraction of sp³-hybridized carbons (Fsp3) is 0.887. The van der Waals surface area contributed by atoms with E-state index in [0.717, 1.165) is 64.2 Å². The summed E-state index contributed by atoms with van der Waals surface area (Å²) >= 11 is 0. The zero-order chi connectivity index (χ0) is 49.3. The summed E-state index contributed by atoms with van der Waals surface area (Å²) in [5.74, 6) is -0.847. The molecule has 0 saturated carbocycles. The number of hydrogen-bond donors (Lipinski definition) is 0. The number of carbonyl (C=O) groups is 3. The van der Waals surface area contributed by atoms with Crippen LogP contribution in [0.15, 0.2) is 24.3 Å². The van der Waals surface area contributed by atoms with Gasteiger partial charge < -0.3 is 14.2 Å². The van der Waals surface area contributed by atoms with Crippen molar-refractivity contribution in [3.8, 4) is 0 Å². The Balaban J connectivity index is 4.26.